The van der Waals surface area contributed by atoms with Gasteiger partial charge in [0.05, 0.1) is 19.8 Å². The number of morpholine rings is 1. The largest absolute Gasteiger partial charge is 0.378 e. The summed E-state index contributed by atoms with van der Waals surface area (Å²) in [6.07, 6.45) is 5.04. The second kappa shape index (κ2) is 7.75. The first-order valence-electron chi connectivity index (χ1n) is 8.58. The molecule has 0 radical (unpaired) electrons. The van der Waals surface area contributed by atoms with E-state index in [-0.39, 0.29) is 0 Å². The molecule has 1 fully saturated rings. The van der Waals surface area contributed by atoms with Gasteiger partial charge in [-0.2, -0.15) is 5.10 Å². The first-order chi connectivity index (χ1) is 11.2. The summed E-state index contributed by atoms with van der Waals surface area (Å²) >= 11 is 0. The minimum absolute atomic E-state index is 0.540. The lowest BCUT2D eigenvalue weighted by Gasteiger charge is -2.36. The Morgan fingerprint density at radius 2 is 2.04 bits per heavy atom. The fraction of sp³-hybridized carbons (Fsp3) is 0.526. The summed E-state index contributed by atoms with van der Waals surface area (Å²) in [6, 6.07) is 11.4. The van der Waals surface area contributed by atoms with E-state index in [1.165, 1.54) is 17.5 Å². The Kier molecular flexibility index (Phi) is 5.47. The topological polar surface area (TPSA) is 30.3 Å². The van der Waals surface area contributed by atoms with E-state index < -0.39 is 0 Å². The van der Waals surface area contributed by atoms with Crippen molar-refractivity contribution >= 4 is 0 Å². The molecular formula is C19H27N3O. The van der Waals surface area contributed by atoms with E-state index in [2.05, 4.69) is 48.1 Å². The SMILES string of the molecule is CC(C)CC1COCCN1Cc1cccc(Cn2cccn2)c1. The quantitative estimate of drug-likeness (QED) is 0.820. The average Bonchev–Trinajstić information content (AvgIpc) is 3.02. The van der Waals surface area contributed by atoms with Gasteiger partial charge >= 0.3 is 0 Å². The molecular weight excluding hydrogens is 286 g/mol. The number of hydrogen-bond acceptors (Lipinski definition) is 3. The highest BCUT2D eigenvalue weighted by atomic mass is 16.5. The molecule has 23 heavy (non-hydrogen) atoms. The molecule has 4 heteroatoms. The number of aromatic nitrogens is 2. The second-order valence-electron chi connectivity index (χ2n) is 6.85. The highest BCUT2D eigenvalue weighted by Crippen LogP contribution is 2.19. The van der Waals surface area contributed by atoms with Crippen LogP contribution in [0, 0.1) is 5.92 Å². The normalized spacial score (nSPS) is 19.3. The highest BCUT2D eigenvalue weighted by molar-refractivity contribution is 5.23. The van der Waals surface area contributed by atoms with E-state index in [9.17, 15) is 0 Å². The van der Waals surface area contributed by atoms with Crippen molar-refractivity contribution in [2.45, 2.75) is 39.4 Å². The standard InChI is InChI=1S/C19H27N3O/c1-16(2)11-19-15-23-10-9-21(19)13-17-5-3-6-18(12-17)14-22-8-4-7-20-22/h3-8,12,16,19H,9-11,13-15H2,1-2H3. The van der Waals surface area contributed by atoms with Gasteiger partial charge in [0.25, 0.3) is 0 Å². The monoisotopic (exact) mass is 313 g/mol. The molecule has 1 aliphatic rings. The van der Waals surface area contributed by atoms with Crippen molar-refractivity contribution in [3.63, 3.8) is 0 Å². The van der Waals surface area contributed by atoms with Crippen LogP contribution in [-0.2, 0) is 17.8 Å². The minimum Gasteiger partial charge on any atom is -0.378 e. The van der Waals surface area contributed by atoms with Crippen molar-refractivity contribution in [1.29, 1.82) is 0 Å². The molecule has 4 nitrogen and oxygen atoms in total. The molecule has 1 aromatic carbocycles. The molecule has 0 N–H and O–H groups in total. The Labute approximate surface area is 139 Å². The first kappa shape index (κ1) is 16.2. The van der Waals surface area contributed by atoms with Crippen LogP contribution in [0.25, 0.3) is 0 Å². The lowest BCUT2D eigenvalue weighted by atomic mass is 10.0. The van der Waals surface area contributed by atoms with Crippen LogP contribution in [0.1, 0.15) is 31.4 Å². The van der Waals surface area contributed by atoms with Gasteiger partial charge in [-0.25, -0.2) is 0 Å². The lowest BCUT2D eigenvalue weighted by molar-refractivity contribution is -0.0186. The molecule has 0 bridgehead atoms. The van der Waals surface area contributed by atoms with E-state index in [0.717, 1.165) is 32.8 Å². The molecule has 2 aromatic rings. The van der Waals surface area contributed by atoms with E-state index in [1.54, 1.807) is 0 Å². The smallest absolute Gasteiger partial charge is 0.0659 e. The van der Waals surface area contributed by atoms with Gasteiger partial charge in [-0.3, -0.25) is 9.58 Å². The molecule has 0 spiro atoms. The third-order valence-electron chi connectivity index (χ3n) is 4.37. The van der Waals surface area contributed by atoms with Crippen LogP contribution in [0.4, 0.5) is 0 Å². The molecule has 1 unspecified atom stereocenters. The number of benzene rings is 1. The zero-order chi connectivity index (χ0) is 16.1. The Bertz CT molecular complexity index is 594. The molecule has 0 saturated carbocycles. The van der Waals surface area contributed by atoms with Crippen LogP contribution in [0.2, 0.25) is 0 Å². The van der Waals surface area contributed by atoms with Crippen molar-refractivity contribution < 1.29 is 4.74 Å². The maximum absolute atomic E-state index is 5.69. The van der Waals surface area contributed by atoms with Crippen molar-refractivity contribution in [2.75, 3.05) is 19.8 Å². The maximum Gasteiger partial charge on any atom is 0.0659 e. The Morgan fingerprint density at radius 1 is 1.22 bits per heavy atom. The van der Waals surface area contributed by atoms with Crippen molar-refractivity contribution in [3.05, 3.63) is 53.9 Å². The summed E-state index contributed by atoms with van der Waals surface area (Å²) in [7, 11) is 0. The Hall–Kier alpha value is -1.65. The summed E-state index contributed by atoms with van der Waals surface area (Å²) in [5.41, 5.74) is 2.69. The Balaban J connectivity index is 1.66. The van der Waals surface area contributed by atoms with Crippen LogP contribution in [-0.4, -0.2) is 40.5 Å². The van der Waals surface area contributed by atoms with Gasteiger partial charge in [0.2, 0.25) is 0 Å². The molecule has 0 aliphatic carbocycles. The molecule has 1 aliphatic heterocycles. The summed E-state index contributed by atoms with van der Waals surface area (Å²) in [5, 5.41) is 4.29. The number of hydrogen-bond donors (Lipinski definition) is 0. The number of nitrogens with zero attached hydrogens (tertiary/aromatic N) is 3. The zero-order valence-corrected chi connectivity index (χ0v) is 14.2. The van der Waals surface area contributed by atoms with Crippen LogP contribution >= 0.6 is 0 Å². The summed E-state index contributed by atoms with van der Waals surface area (Å²) < 4.78 is 7.66. The van der Waals surface area contributed by atoms with Crippen LogP contribution < -0.4 is 0 Å². The third-order valence-corrected chi connectivity index (χ3v) is 4.37. The van der Waals surface area contributed by atoms with Crippen molar-refractivity contribution in [2.24, 2.45) is 5.92 Å². The first-order valence-corrected chi connectivity index (χ1v) is 8.58. The minimum atomic E-state index is 0.540. The molecule has 1 saturated heterocycles. The summed E-state index contributed by atoms with van der Waals surface area (Å²) in [4.78, 5) is 2.58. The second-order valence-corrected chi connectivity index (χ2v) is 6.85. The van der Waals surface area contributed by atoms with Gasteiger partial charge in [-0.15, -0.1) is 0 Å². The summed E-state index contributed by atoms with van der Waals surface area (Å²) in [6.45, 7) is 9.16. The molecule has 124 valence electrons. The average molecular weight is 313 g/mol. The van der Waals surface area contributed by atoms with E-state index in [4.69, 9.17) is 4.74 Å². The van der Waals surface area contributed by atoms with Gasteiger partial charge in [-0.1, -0.05) is 38.1 Å². The highest BCUT2D eigenvalue weighted by Gasteiger charge is 2.23. The van der Waals surface area contributed by atoms with Crippen molar-refractivity contribution in [3.8, 4) is 0 Å². The Morgan fingerprint density at radius 3 is 2.78 bits per heavy atom. The van der Waals surface area contributed by atoms with E-state index in [0.29, 0.717) is 12.0 Å². The van der Waals surface area contributed by atoms with E-state index >= 15 is 0 Å². The van der Waals surface area contributed by atoms with Gasteiger partial charge in [0.15, 0.2) is 0 Å². The maximum atomic E-state index is 5.69. The van der Waals surface area contributed by atoms with Gasteiger partial charge in [-0.05, 0) is 29.5 Å². The lowest BCUT2D eigenvalue weighted by Crippen LogP contribution is -2.45. The molecule has 1 aromatic heterocycles. The van der Waals surface area contributed by atoms with Crippen LogP contribution in [0.5, 0.6) is 0 Å². The summed E-state index contributed by atoms with van der Waals surface area (Å²) in [5.74, 6) is 0.704. The van der Waals surface area contributed by atoms with Gasteiger partial charge in [0.1, 0.15) is 0 Å². The van der Waals surface area contributed by atoms with Gasteiger partial charge in [0, 0.05) is 31.5 Å². The third kappa shape index (κ3) is 4.66. The number of rotatable bonds is 6. The fourth-order valence-corrected chi connectivity index (χ4v) is 3.30. The van der Waals surface area contributed by atoms with Crippen molar-refractivity contribution in [1.82, 2.24) is 14.7 Å². The zero-order valence-electron chi connectivity index (χ0n) is 14.2. The molecule has 1 atom stereocenters. The van der Waals surface area contributed by atoms with Crippen LogP contribution in [0.3, 0.4) is 0 Å². The van der Waals surface area contributed by atoms with E-state index in [1.807, 2.05) is 23.1 Å². The predicted molar refractivity (Wildman–Crippen MR) is 92.2 cm³/mol. The molecule has 3 rings (SSSR count). The molecule has 0 amide bonds. The van der Waals surface area contributed by atoms with Crippen LogP contribution in [0.15, 0.2) is 42.7 Å². The molecule has 2 heterocycles. The number of ether oxygens (including phenoxy) is 1. The van der Waals surface area contributed by atoms with Gasteiger partial charge < -0.3 is 4.74 Å². The fourth-order valence-electron chi connectivity index (χ4n) is 3.30. The predicted octanol–water partition coefficient (Wildman–Crippen LogP) is 3.18.